The Kier molecular flexibility index (Phi) is 3.90. The van der Waals surface area contributed by atoms with Gasteiger partial charge in [-0.15, -0.1) is 0 Å². The van der Waals surface area contributed by atoms with Crippen LogP contribution in [-0.2, 0) is 9.59 Å². The summed E-state index contributed by atoms with van der Waals surface area (Å²) in [7, 11) is 0. The summed E-state index contributed by atoms with van der Waals surface area (Å²) in [5.41, 5.74) is -1.23. The molecule has 0 fully saturated rings. The van der Waals surface area contributed by atoms with Crippen LogP contribution in [0.15, 0.2) is 0 Å². The van der Waals surface area contributed by atoms with E-state index in [0.29, 0.717) is 6.29 Å². The molecule has 0 aromatic rings. The van der Waals surface area contributed by atoms with Crippen molar-refractivity contribution in [3.8, 4) is 0 Å². The lowest BCUT2D eigenvalue weighted by Gasteiger charge is -2.22. The first-order valence-electron chi connectivity index (χ1n) is 3.63. The Morgan fingerprint density at radius 3 is 2.38 bits per heavy atom. The van der Waals surface area contributed by atoms with E-state index in [9.17, 15) is 14.4 Å². The number of nitrogens with one attached hydrogen (secondary N) is 2. The summed E-state index contributed by atoms with van der Waals surface area (Å²) in [6.45, 7) is 2.69. The zero-order valence-corrected chi connectivity index (χ0v) is 7.46. The molecular weight excluding hydrogens is 176 g/mol. The highest BCUT2D eigenvalue weighted by Crippen LogP contribution is 2.00. The molecule has 0 rings (SSSR count). The SMILES string of the molecule is CC(C)(NC(=O)O)C(=O)NCC=O. The van der Waals surface area contributed by atoms with E-state index >= 15 is 0 Å². The zero-order valence-electron chi connectivity index (χ0n) is 7.46. The van der Waals surface area contributed by atoms with Crippen molar-refractivity contribution in [3.05, 3.63) is 0 Å². The molecule has 0 saturated carbocycles. The molecule has 0 radical (unpaired) electrons. The van der Waals surface area contributed by atoms with Gasteiger partial charge in [0.05, 0.1) is 6.54 Å². The summed E-state index contributed by atoms with van der Waals surface area (Å²) in [4.78, 5) is 31.3. The Morgan fingerprint density at radius 2 is 2.00 bits per heavy atom. The van der Waals surface area contributed by atoms with Gasteiger partial charge in [0.1, 0.15) is 11.8 Å². The molecule has 2 amide bonds. The molecule has 0 heterocycles. The molecule has 0 atom stereocenters. The summed E-state index contributed by atoms with van der Waals surface area (Å²) < 4.78 is 0. The molecule has 0 saturated heterocycles. The van der Waals surface area contributed by atoms with Gasteiger partial charge in [0.25, 0.3) is 0 Å². The highest BCUT2D eigenvalue weighted by Gasteiger charge is 2.28. The molecule has 0 aromatic heterocycles. The molecule has 0 aromatic carbocycles. The molecule has 13 heavy (non-hydrogen) atoms. The topological polar surface area (TPSA) is 95.5 Å². The van der Waals surface area contributed by atoms with E-state index in [2.05, 4.69) is 5.32 Å². The maximum Gasteiger partial charge on any atom is 0.405 e. The zero-order chi connectivity index (χ0) is 10.5. The predicted molar refractivity (Wildman–Crippen MR) is 44.3 cm³/mol. The van der Waals surface area contributed by atoms with Crippen molar-refractivity contribution in [3.63, 3.8) is 0 Å². The van der Waals surface area contributed by atoms with E-state index < -0.39 is 17.5 Å². The van der Waals surface area contributed by atoms with Crippen LogP contribution in [0.1, 0.15) is 13.8 Å². The Balaban J connectivity index is 4.18. The highest BCUT2D eigenvalue weighted by atomic mass is 16.4. The molecule has 0 aliphatic heterocycles. The fourth-order valence-electron chi connectivity index (χ4n) is 0.679. The number of aldehydes is 1. The number of carbonyl (C=O) groups excluding carboxylic acids is 2. The van der Waals surface area contributed by atoms with E-state index in [-0.39, 0.29) is 6.54 Å². The van der Waals surface area contributed by atoms with Crippen LogP contribution in [0.5, 0.6) is 0 Å². The Morgan fingerprint density at radius 1 is 1.46 bits per heavy atom. The molecule has 3 N–H and O–H groups in total. The van der Waals surface area contributed by atoms with Crippen molar-refractivity contribution < 1.29 is 19.5 Å². The second-order valence-corrected chi connectivity index (χ2v) is 2.93. The van der Waals surface area contributed by atoms with Gasteiger partial charge in [0.15, 0.2) is 0 Å². The third-order valence-corrected chi connectivity index (χ3v) is 1.33. The minimum atomic E-state index is -1.29. The van der Waals surface area contributed by atoms with Crippen molar-refractivity contribution in [2.45, 2.75) is 19.4 Å². The molecule has 6 heteroatoms. The van der Waals surface area contributed by atoms with Gasteiger partial charge in [-0.1, -0.05) is 0 Å². The standard InChI is InChI=1S/C7H12N2O4/c1-7(2,9-6(12)13)5(11)8-3-4-10/h4,9H,3H2,1-2H3,(H,8,11)(H,12,13). The van der Waals surface area contributed by atoms with Gasteiger partial charge in [-0.3, -0.25) is 4.79 Å². The summed E-state index contributed by atoms with van der Waals surface area (Å²) in [6.07, 6.45) is -0.763. The Labute approximate surface area is 75.3 Å². The maximum absolute atomic E-state index is 11.2. The number of amides is 2. The van der Waals surface area contributed by atoms with Gasteiger partial charge in [-0.25, -0.2) is 4.79 Å². The Bertz CT molecular complexity index is 225. The number of hydrogen-bond donors (Lipinski definition) is 3. The van der Waals surface area contributed by atoms with Crippen LogP contribution in [0.25, 0.3) is 0 Å². The number of carboxylic acid groups (broad SMARTS) is 1. The van der Waals surface area contributed by atoms with Crippen molar-refractivity contribution in [1.29, 1.82) is 0 Å². The highest BCUT2D eigenvalue weighted by molar-refractivity contribution is 5.89. The van der Waals surface area contributed by atoms with E-state index in [1.54, 1.807) is 0 Å². The van der Waals surface area contributed by atoms with Gasteiger partial charge in [0.2, 0.25) is 5.91 Å². The van der Waals surface area contributed by atoms with Gasteiger partial charge in [-0.2, -0.15) is 0 Å². The smallest absolute Gasteiger partial charge is 0.405 e. The minimum Gasteiger partial charge on any atom is -0.465 e. The minimum absolute atomic E-state index is 0.121. The molecule has 0 bridgehead atoms. The lowest BCUT2D eigenvalue weighted by Crippen LogP contribution is -2.54. The number of hydrogen-bond acceptors (Lipinski definition) is 3. The van der Waals surface area contributed by atoms with Crippen molar-refractivity contribution in [2.24, 2.45) is 0 Å². The van der Waals surface area contributed by atoms with E-state index in [1.807, 2.05) is 5.32 Å². The lowest BCUT2D eigenvalue weighted by atomic mass is 10.1. The lowest BCUT2D eigenvalue weighted by molar-refractivity contribution is -0.127. The van der Waals surface area contributed by atoms with Crippen LogP contribution in [0.4, 0.5) is 4.79 Å². The largest absolute Gasteiger partial charge is 0.465 e. The third-order valence-electron chi connectivity index (χ3n) is 1.33. The van der Waals surface area contributed by atoms with Crippen molar-refractivity contribution in [1.82, 2.24) is 10.6 Å². The molecule has 74 valence electrons. The van der Waals surface area contributed by atoms with Crippen LogP contribution in [0, 0.1) is 0 Å². The van der Waals surface area contributed by atoms with Crippen LogP contribution in [0.3, 0.4) is 0 Å². The summed E-state index contributed by atoms with van der Waals surface area (Å²) in [5.74, 6) is -0.540. The molecule has 0 unspecified atom stereocenters. The van der Waals surface area contributed by atoms with E-state index in [1.165, 1.54) is 13.8 Å². The van der Waals surface area contributed by atoms with Gasteiger partial charge < -0.3 is 20.5 Å². The van der Waals surface area contributed by atoms with Crippen molar-refractivity contribution >= 4 is 18.3 Å². The first-order chi connectivity index (χ1) is 5.90. The maximum atomic E-state index is 11.2. The first kappa shape index (κ1) is 11.4. The monoisotopic (exact) mass is 188 g/mol. The van der Waals surface area contributed by atoms with Crippen LogP contribution < -0.4 is 10.6 Å². The molecular formula is C7H12N2O4. The van der Waals surface area contributed by atoms with Gasteiger partial charge in [0, 0.05) is 0 Å². The van der Waals surface area contributed by atoms with Gasteiger partial charge in [-0.05, 0) is 13.8 Å². The number of carbonyl (C=O) groups is 3. The summed E-state index contributed by atoms with van der Waals surface area (Å²) in [6, 6.07) is 0. The quantitative estimate of drug-likeness (QED) is 0.511. The number of rotatable bonds is 4. The second kappa shape index (κ2) is 4.44. The molecule has 6 nitrogen and oxygen atoms in total. The molecule has 0 aliphatic rings. The fraction of sp³-hybridized carbons (Fsp3) is 0.571. The van der Waals surface area contributed by atoms with Gasteiger partial charge >= 0.3 is 6.09 Å². The first-order valence-corrected chi connectivity index (χ1v) is 3.63. The van der Waals surface area contributed by atoms with Crippen molar-refractivity contribution in [2.75, 3.05) is 6.54 Å². The normalized spacial score (nSPS) is 10.3. The molecule has 0 aliphatic carbocycles. The third kappa shape index (κ3) is 4.09. The average Bonchev–Trinajstić information content (AvgIpc) is 1.97. The van der Waals surface area contributed by atoms with Crippen LogP contribution >= 0.6 is 0 Å². The van der Waals surface area contributed by atoms with E-state index in [0.717, 1.165) is 0 Å². The Hall–Kier alpha value is -1.59. The summed E-state index contributed by atoms with van der Waals surface area (Å²) in [5, 5.41) is 12.6. The average molecular weight is 188 g/mol. The summed E-state index contributed by atoms with van der Waals surface area (Å²) >= 11 is 0. The molecule has 0 spiro atoms. The second-order valence-electron chi connectivity index (χ2n) is 2.93. The van der Waals surface area contributed by atoms with Crippen LogP contribution in [0.2, 0.25) is 0 Å². The van der Waals surface area contributed by atoms with Crippen LogP contribution in [-0.4, -0.2) is 35.5 Å². The fourth-order valence-corrected chi connectivity index (χ4v) is 0.679. The van der Waals surface area contributed by atoms with E-state index in [4.69, 9.17) is 5.11 Å². The predicted octanol–water partition coefficient (Wildman–Crippen LogP) is -0.652.